The summed E-state index contributed by atoms with van der Waals surface area (Å²) >= 11 is 9.35. The van der Waals surface area contributed by atoms with Crippen molar-refractivity contribution in [3.8, 4) is 0 Å². The predicted molar refractivity (Wildman–Crippen MR) is 71.9 cm³/mol. The van der Waals surface area contributed by atoms with Crippen LogP contribution in [-0.2, 0) is 6.42 Å². The molecule has 0 aliphatic carbocycles. The Kier molecular flexibility index (Phi) is 5.77. The minimum Gasteiger partial charge on any atom is -0.205 e. The van der Waals surface area contributed by atoms with Gasteiger partial charge in [-0.15, -0.1) is 0 Å². The molecule has 0 amide bonds. The van der Waals surface area contributed by atoms with Crippen LogP contribution in [0.2, 0.25) is 5.02 Å². The molecule has 0 saturated carbocycles. The van der Waals surface area contributed by atoms with Gasteiger partial charge in [0.15, 0.2) is 0 Å². The van der Waals surface area contributed by atoms with Crippen molar-refractivity contribution in [1.82, 2.24) is 0 Å². The van der Waals surface area contributed by atoms with E-state index in [0.717, 1.165) is 19.3 Å². The Labute approximate surface area is 110 Å². The van der Waals surface area contributed by atoms with Gasteiger partial charge in [0, 0.05) is 4.83 Å². The van der Waals surface area contributed by atoms with E-state index in [1.807, 2.05) is 0 Å². The largest absolute Gasteiger partial charge is 0.205 e. The molecule has 0 nitrogen and oxygen atoms in total. The molecular formula is C13H17BrClF. The summed E-state index contributed by atoms with van der Waals surface area (Å²) in [4.78, 5) is 0.450. The number of alkyl halides is 1. The standard InChI is InChI=1S/C13H17BrClF/c1-9(2)8-11(14)7-6-10-4-3-5-12(15)13(10)16/h3-5,9,11H,6-8H2,1-2H3. The Hall–Kier alpha value is -0.0800. The van der Waals surface area contributed by atoms with Gasteiger partial charge < -0.3 is 0 Å². The Balaban J connectivity index is 2.51. The molecule has 0 bridgehead atoms. The van der Waals surface area contributed by atoms with Crippen LogP contribution in [0.5, 0.6) is 0 Å². The SMILES string of the molecule is CC(C)CC(Br)CCc1cccc(Cl)c1F. The molecule has 0 fully saturated rings. The van der Waals surface area contributed by atoms with Crippen molar-refractivity contribution < 1.29 is 4.39 Å². The third kappa shape index (κ3) is 4.42. The first-order valence-electron chi connectivity index (χ1n) is 5.57. The molecule has 0 N–H and O–H groups in total. The zero-order chi connectivity index (χ0) is 12.1. The van der Waals surface area contributed by atoms with E-state index >= 15 is 0 Å². The van der Waals surface area contributed by atoms with Gasteiger partial charge in [-0.1, -0.05) is 53.5 Å². The average Bonchev–Trinajstić information content (AvgIpc) is 2.19. The van der Waals surface area contributed by atoms with Crippen molar-refractivity contribution in [3.63, 3.8) is 0 Å². The van der Waals surface area contributed by atoms with Crippen molar-refractivity contribution in [1.29, 1.82) is 0 Å². The van der Waals surface area contributed by atoms with Gasteiger partial charge in [-0.2, -0.15) is 0 Å². The van der Waals surface area contributed by atoms with Gasteiger partial charge in [0.25, 0.3) is 0 Å². The summed E-state index contributed by atoms with van der Waals surface area (Å²) in [5, 5.41) is 0.215. The quantitative estimate of drug-likeness (QED) is 0.654. The fraction of sp³-hybridized carbons (Fsp3) is 0.538. The van der Waals surface area contributed by atoms with Crippen LogP contribution >= 0.6 is 27.5 Å². The molecule has 0 saturated heterocycles. The highest BCUT2D eigenvalue weighted by Crippen LogP contribution is 2.22. The predicted octanol–water partition coefficient (Wildman–Crippen LogP) is 5.22. The number of hydrogen-bond donors (Lipinski definition) is 0. The van der Waals surface area contributed by atoms with Gasteiger partial charge in [0.2, 0.25) is 0 Å². The highest BCUT2D eigenvalue weighted by molar-refractivity contribution is 9.09. The molecule has 90 valence electrons. The van der Waals surface area contributed by atoms with Gasteiger partial charge in [-0.25, -0.2) is 4.39 Å². The minimum absolute atomic E-state index is 0.215. The maximum atomic E-state index is 13.6. The average molecular weight is 308 g/mol. The number of hydrogen-bond acceptors (Lipinski definition) is 0. The van der Waals surface area contributed by atoms with Crippen LogP contribution in [0.3, 0.4) is 0 Å². The Morgan fingerprint density at radius 2 is 2.06 bits per heavy atom. The third-order valence-corrected chi connectivity index (χ3v) is 3.61. The second-order valence-corrected chi connectivity index (χ2v) is 6.18. The van der Waals surface area contributed by atoms with Gasteiger partial charge in [-0.3, -0.25) is 0 Å². The highest BCUT2D eigenvalue weighted by Gasteiger charge is 2.10. The first-order chi connectivity index (χ1) is 7.50. The molecule has 0 heterocycles. The summed E-state index contributed by atoms with van der Waals surface area (Å²) in [6.45, 7) is 4.38. The minimum atomic E-state index is -0.270. The van der Waals surface area contributed by atoms with E-state index in [2.05, 4.69) is 29.8 Å². The number of rotatable bonds is 5. The van der Waals surface area contributed by atoms with Crippen LogP contribution in [0, 0.1) is 11.7 Å². The molecule has 1 aromatic rings. The lowest BCUT2D eigenvalue weighted by atomic mass is 10.0. The van der Waals surface area contributed by atoms with Crippen LogP contribution in [0.1, 0.15) is 32.3 Å². The zero-order valence-electron chi connectivity index (χ0n) is 9.64. The molecule has 0 spiro atoms. The Bertz CT molecular complexity index is 339. The van der Waals surface area contributed by atoms with Crippen LogP contribution in [0.15, 0.2) is 18.2 Å². The van der Waals surface area contributed by atoms with Crippen molar-refractivity contribution in [2.24, 2.45) is 5.92 Å². The molecule has 3 heteroatoms. The fourth-order valence-electron chi connectivity index (χ4n) is 1.68. The van der Waals surface area contributed by atoms with Crippen LogP contribution in [0.4, 0.5) is 4.39 Å². The third-order valence-electron chi connectivity index (χ3n) is 2.49. The topological polar surface area (TPSA) is 0 Å². The van der Waals surface area contributed by atoms with Gasteiger partial charge in [0.1, 0.15) is 5.82 Å². The van der Waals surface area contributed by atoms with E-state index in [4.69, 9.17) is 11.6 Å². The van der Waals surface area contributed by atoms with Gasteiger partial charge >= 0.3 is 0 Å². The van der Waals surface area contributed by atoms with Crippen molar-refractivity contribution in [3.05, 3.63) is 34.6 Å². The molecule has 0 radical (unpaired) electrons. The van der Waals surface area contributed by atoms with E-state index < -0.39 is 0 Å². The summed E-state index contributed by atoms with van der Waals surface area (Å²) < 4.78 is 13.6. The first kappa shape index (κ1) is 14.0. The van der Waals surface area contributed by atoms with E-state index in [1.165, 1.54) is 0 Å². The smallest absolute Gasteiger partial charge is 0.144 e. The normalized spacial score (nSPS) is 13.1. The molecule has 16 heavy (non-hydrogen) atoms. The maximum absolute atomic E-state index is 13.6. The maximum Gasteiger partial charge on any atom is 0.144 e. The van der Waals surface area contributed by atoms with Crippen LogP contribution in [0.25, 0.3) is 0 Å². The lowest BCUT2D eigenvalue weighted by molar-refractivity contribution is 0.547. The monoisotopic (exact) mass is 306 g/mol. The lowest BCUT2D eigenvalue weighted by Gasteiger charge is -2.12. The fourth-order valence-corrected chi connectivity index (χ4v) is 2.85. The Morgan fingerprint density at radius 3 is 2.69 bits per heavy atom. The zero-order valence-corrected chi connectivity index (χ0v) is 12.0. The van der Waals surface area contributed by atoms with E-state index in [-0.39, 0.29) is 10.8 Å². The van der Waals surface area contributed by atoms with Gasteiger partial charge in [-0.05, 0) is 36.8 Å². The van der Waals surface area contributed by atoms with Crippen LogP contribution in [-0.4, -0.2) is 4.83 Å². The molecule has 0 aromatic heterocycles. The molecule has 1 rings (SSSR count). The highest BCUT2D eigenvalue weighted by atomic mass is 79.9. The summed E-state index contributed by atoms with van der Waals surface area (Å²) in [6.07, 6.45) is 2.78. The summed E-state index contributed by atoms with van der Waals surface area (Å²) in [7, 11) is 0. The second kappa shape index (κ2) is 6.61. The van der Waals surface area contributed by atoms with E-state index in [9.17, 15) is 4.39 Å². The van der Waals surface area contributed by atoms with E-state index in [0.29, 0.717) is 16.3 Å². The molecule has 1 aromatic carbocycles. The lowest BCUT2D eigenvalue weighted by Crippen LogP contribution is -2.05. The molecule has 0 aliphatic heterocycles. The Morgan fingerprint density at radius 1 is 1.38 bits per heavy atom. The van der Waals surface area contributed by atoms with Crippen LogP contribution < -0.4 is 0 Å². The second-order valence-electron chi connectivity index (χ2n) is 4.48. The van der Waals surface area contributed by atoms with E-state index in [1.54, 1.807) is 18.2 Å². The van der Waals surface area contributed by atoms with Crippen molar-refractivity contribution in [2.75, 3.05) is 0 Å². The molecule has 1 atom stereocenters. The summed E-state index contributed by atoms with van der Waals surface area (Å²) in [6, 6.07) is 5.18. The van der Waals surface area contributed by atoms with Crippen molar-refractivity contribution in [2.45, 2.75) is 37.9 Å². The molecule has 0 aliphatic rings. The number of benzene rings is 1. The summed E-state index contributed by atoms with van der Waals surface area (Å²) in [5.74, 6) is 0.391. The van der Waals surface area contributed by atoms with Gasteiger partial charge in [0.05, 0.1) is 5.02 Å². The molecular weight excluding hydrogens is 290 g/mol. The summed E-state index contributed by atoms with van der Waals surface area (Å²) in [5.41, 5.74) is 0.709. The first-order valence-corrected chi connectivity index (χ1v) is 6.87. The van der Waals surface area contributed by atoms with Crippen molar-refractivity contribution >= 4 is 27.5 Å². The number of aryl methyl sites for hydroxylation is 1. The molecule has 1 unspecified atom stereocenters. The number of halogens is 3.